The smallest absolute Gasteiger partial charge is 0.0369 e. The highest BCUT2D eigenvalue weighted by Crippen LogP contribution is 2.35. The Morgan fingerprint density at radius 2 is 1.95 bits per heavy atom. The summed E-state index contributed by atoms with van der Waals surface area (Å²) in [6, 6.07) is 6.74. The van der Waals surface area contributed by atoms with Crippen molar-refractivity contribution in [1.82, 2.24) is 0 Å². The summed E-state index contributed by atoms with van der Waals surface area (Å²) in [7, 11) is 0. The van der Waals surface area contributed by atoms with Crippen LogP contribution in [0, 0.1) is 18.3 Å². The van der Waals surface area contributed by atoms with Gasteiger partial charge in [0, 0.05) is 25.3 Å². The highest BCUT2D eigenvalue weighted by Gasteiger charge is 2.27. The van der Waals surface area contributed by atoms with E-state index in [2.05, 4.69) is 50.8 Å². The Morgan fingerprint density at radius 1 is 1.20 bits per heavy atom. The Morgan fingerprint density at radius 3 is 2.55 bits per heavy atom. The fourth-order valence-electron chi connectivity index (χ4n) is 3.33. The normalized spacial score (nSPS) is 20.9. The molecule has 0 aromatic heterocycles. The topological polar surface area (TPSA) is 29.3 Å². The Kier molecular flexibility index (Phi) is 4.74. The van der Waals surface area contributed by atoms with E-state index >= 15 is 0 Å². The third-order valence-corrected chi connectivity index (χ3v) is 4.86. The number of nitrogens with two attached hydrogens (primary N) is 1. The van der Waals surface area contributed by atoms with Gasteiger partial charge in [0.25, 0.3) is 0 Å². The average molecular weight is 274 g/mol. The Balaban J connectivity index is 2.09. The van der Waals surface area contributed by atoms with Crippen molar-refractivity contribution in [2.24, 2.45) is 17.1 Å². The molecule has 112 valence electrons. The molecule has 1 saturated heterocycles. The first-order valence-electron chi connectivity index (χ1n) is 7.96. The van der Waals surface area contributed by atoms with Crippen LogP contribution in [0.5, 0.6) is 0 Å². The SMILES string of the molecule is Cc1cc(N2CCCC(C(C)(C)C)CC2)ccc1CN. The van der Waals surface area contributed by atoms with E-state index in [0.29, 0.717) is 12.0 Å². The van der Waals surface area contributed by atoms with Crippen LogP contribution in [-0.2, 0) is 6.54 Å². The van der Waals surface area contributed by atoms with Crippen LogP contribution < -0.4 is 10.6 Å². The second-order valence-corrected chi connectivity index (χ2v) is 7.30. The van der Waals surface area contributed by atoms with E-state index in [1.165, 1.54) is 49.2 Å². The monoisotopic (exact) mass is 274 g/mol. The zero-order chi connectivity index (χ0) is 14.8. The average Bonchev–Trinajstić information content (AvgIpc) is 2.63. The number of benzene rings is 1. The van der Waals surface area contributed by atoms with Crippen LogP contribution in [-0.4, -0.2) is 13.1 Å². The molecule has 0 radical (unpaired) electrons. The lowest BCUT2D eigenvalue weighted by Gasteiger charge is -2.30. The summed E-state index contributed by atoms with van der Waals surface area (Å²) in [4.78, 5) is 2.55. The molecule has 2 heteroatoms. The quantitative estimate of drug-likeness (QED) is 0.879. The summed E-state index contributed by atoms with van der Waals surface area (Å²) in [5.41, 5.74) is 10.1. The molecule has 2 rings (SSSR count). The summed E-state index contributed by atoms with van der Waals surface area (Å²) in [5, 5.41) is 0. The number of aryl methyl sites for hydroxylation is 1. The second-order valence-electron chi connectivity index (χ2n) is 7.30. The van der Waals surface area contributed by atoms with E-state index in [-0.39, 0.29) is 0 Å². The fourth-order valence-corrected chi connectivity index (χ4v) is 3.33. The van der Waals surface area contributed by atoms with Gasteiger partial charge in [0.05, 0.1) is 0 Å². The molecule has 1 aromatic carbocycles. The van der Waals surface area contributed by atoms with Gasteiger partial charge >= 0.3 is 0 Å². The predicted molar refractivity (Wildman–Crippen MR) is 88.1 cm³/mol. The van der Waals surface area contributed by atoms with Gasteiger partial charge in [-0.2, -0.15) is 0 Å². The molecule has 1 heterocycles. The Labute approximate surface area is 124 Å². The summed E-state index contributed by atoms with van der Waals surface area (Å²) < 4.78 is 0. The van der Waals surface area contributed by atoms with E-state index < -0.39 is 0 Å². The van der Waals surface area contributed by atoms with Gasteiger partial charge in [0.15, 0.2) is 0 Å². The van der Waals surface area contributed by atoms with Crippen LogP contribution in [0.2, 0.25) is 0 Å². The minimum Gasteiger partial charge on any atom is -0.372 e. The number of rotatable bonds is 2. The van der Waals surface area contributed by atoms with E-state index in [1.54, 1.807) is 0 Å². The fraction of sp³-hybridized carbons (Fsp3) is 0.667. The van der Waals surface area contributed by atoms with Crippen molar-refractivity contribution in [3.8, 4) is 0 Å². The molecule has 1 unspecified atom stereocenters. The number of hydrogen-bond acceptors (Lipinski definition) is 2. The molecule has 0 bridgehead atoms. The van der Waals surface area contributed by atoms with Crippen LogP contribution in [0.4, 0.5) is 5.69 Å². The second kappa shape index (κ2) is 6.17. The summed E-state index contributed by atoms with van der Waals surface area (Å²) >= 11 is 0. The lowest BCUT2D eigenvalue weighted by atomic mass is 9.77. The highest BCUT2D eigenvalue weighted by molar-refractivity contribution is 5.51. The van der Waals surface area contributed by atoms with Gasteiger partial charge in [-0.1, -0.05) is 26.8 Å². The minimum atomic E-state index is 0.440. The highest BCUT2D eigenvalue weighted by atomic mass is 15.1. The third-order valence-electron chi connectivity index (χ3n) is 4.86. The summed E-state index contributed by atoms with van der Waals surface area (Å²) in [6.07, 6.45) is 3.97. The van der Waals surface area contributed by atoms with Crippen molar-refractivity contribution < 1.29 is 0 Å². The van der Waals surface area contributed by atoms with Crippen LogP contribution >= 0.6 is 0 Å². The zero-order valence-corrected chi connectivity index (χ0v) is 13.6. The van der Waals surface area contributed by atoms with Crippen LogP contribution in [0.1, 0.15) is 51.2 Å². The van der Waals surface area contributed by atoms with E-state index in [9.17, 15) is 0 Å². The van der Waals surface area contributed by atoms with Crippen molar-refractivity contribution >= 4 is 5.69 Å². The Bertz CT molecular complexity index is 445. The molecule has 1 fully saturated rings. The molecule has 20 heavy (non-hydrogen) atoms. The van der Waals surface area contributed by atoms with Crippen molar-refractivity contribution in [3.05, 3.63) is 29.3 Å². The van der Waals surface area contributed by atoms with Crippen molar-refractivity contribution in [2.45, 2.75) is 53.5 Å². The van der Waals surface area contributed by atoms with E-state index in [1.807, 2.05) is 0 Å². The predicted octanol–water partition coefficient (Wildman–Crippen LogP) is 4.11. The molecule has 1 aliphatic rings. The van der Waals surface area contributed by atoms with Gasteiger partial charge in [0.2, 0.25) is 0 Å². The molecule has 2 nitrogen and oxygen atoms in total. The zero-order valence-electron chi connectivity index (χ0n) is 13.6. The van der Waals surface area contributed by atoms with Gasteiger partial charge in [0.1, 0.15) is 0 Å². The molecule has 1 aromatic rings. The van der Waals surface area contributed by atoms with Gasteiger partial charge in [-0.3, -0.25) is 0 Å². The molecule has 1 atom stereocenters. The summed E-state index contributed by atoms with van der Waals surface area (Å²) in [5.74, 6) is 0.844. The molecule has 0 saturated carbocycles. The van der Waals surface area contributed by atoms with Crippen molar-refractivity contribution in [1.29, 1.82) is 0 Å². The van der Waals surface area contributed by atoms with Crippen LogP contribution in [0.3, 0.4) is 0 Å². The first kappa shape index (κ1) is 15.4. The maximum Gasteiger partial charge on any atom is 0.0369 e. The number of hydrogen-bond donors (Lipinski definition) is 1. The molecular formula is C18H30N2. The van der Waals surface area contributed by atoms with Gasteiger partial charge in [-0.15, -0.1) is 0 Å². The molecule has 0 aliphatic carbocycles. The maximum absolute atomic E-state index is 5.76. The first-order chi connectivity index (χ1) is 9.41. The lowest BCUT2D eigenvalue weighted by Crippen LogP contribution is -2.26. The molecule has 2 N–H and O–H groups in total. The van der Waals surface area contributed by atoms with Gasteiger partial charge in [-0.05, 0) is 60.8 Å². The minimum absolute atomic E-state index is 0.440. The summed E-state index contributed by atoms with van der Waals surface area (Å²) in [6.45, 7) is 12.3. The number of anilines is 1. The van der Waals surface area contributed by atoms with Gasteiger partial charge < -0.3 is 10.6 Å². The maximum atomic E-state index is 5.76. The molecule has 1 aliphatic heterocycles. The lowest BCUT2D eigenvalue weighted by molar-refractivity contribution is 0.220. The molecule has 0 spiro atoms. The van der Waals surface area contributed by atoms with Crippen LogP contribution in [0.15, 0.2) is 18.2 Å². The number of nitrogens with zero attached hydrogens (tertiary/aromatic N) is 1. The third kappa shape index (κ3) is 3.54. The largest absolute Gasteiger partial charge is 0.372 e. The first-order valence-corrected chi connectivity index (χ1v) is 7.96. The Hall–Kier alpha value is -1.02. The van der Waals surface area contributed by atoms with Crippen LogP contribution in [0.25, 0.3) is 0 Å². The molecule has 0 amide bonds. The standard InChI is InChI=1S/C18H30N2/c1-14-12-17(8-7-15(14)13-19)20-10-5-6-16(9-11-20)18(2,3)4/h7-8,12,16H,5-6,9-11,13,19H2,1-4H3. The van der Waals surface area contributed by atoms with Crippen molar-refractivity contribution in [3.63, 3.8) is 0 Å². The van der Waals surface area contributed by atoms with Gasteiger partial charge in [-0.25, -0.2) is 0 Å². The van der Waals surface area contributed by atoms with E-state index in [0.717, 1.165) is 5.92 Å². The molecular weight excluding hydrogens is 244 g/mol. The van der Waals surface area contributed by atoms with E-state index in [4.69, 9.17) is 5.73 Å². The van der Waals surface area contributed by atoms with Crippen molar-refractivity contribution in [2.75, 3.05) is 18.0 Å².